The van der Waals surface area contributed by atoms with E-state index in [9.17, 15) is 5.41 Å². The van der Waals surface area contributed by atoms with Crippen LogP contribution in [-0.2, 0) is 23.6 Å². The van der Waals surface area contributed by atoms with Crippen molar-refractivity contribution in [3.8, 4) is 0 Å². The molecular formula is C34H40Cl2N2STi-2. The van der Waals surface area contributed by atoms with E-state index in [0.717, 1.165) is 46.7 Å². The number of rotatable bonds is 2. The summed E-state index contributed by atoms with van der Waals surface area (Å²) in [5.74, 6) is 3.70. The van der Waals surface area contributed by atoms with Crippen LogP contribution in [0.5, 0.6) is 0 Å². The van der Waals surface area contributed by atoms with Crippen molar-refractivity contribution in [2.24, 2.45) is 23.7 Å². The summed E-state index contributed by atoms with van der Waals surface area (Å²) < 4.78 is 0. The van der Waals surface area contributed by atoms with Gasteiger partial charge in [-0.15, -0.1) is 11.8 Å². The second kappa shape index (κ2) is 14.6. The molecule has 3 aromatic rings. The first-order valence-electron chi connectivity index (χ1n) is 13.6. The van der Waals surface area contributed by atoms with Crippen molar-refractivity contribution in [2.45, 2.75) is 53.3 Å². The van der Waals surface area contributed by atoms with Crippen LogP contribution in [-0.4, -0.2) is 11.1 Å². The Morgan fingerprint density at radius 2 is 1.38 bits per heavy atom. The van der Waals surface area contributed by atoms with Gasteiger partial charge in [0.1, 0.15) is 0 Å². The third-order valence-corrected chi connectivity index (χ3v) is 10.6. The van der Waals surface area contributed by atoms with Gasteiger partial charge in [0.05, 0.1) is 0 Å². The molecule has 3 aliphatic rings. The molecule has 0 spiro atoms. The van der Waals surface area contributed by atoms with E-state index >= 15 is 0 Å². The molecule has 5 unspecified atom stereocenters. The molecule has 0 N–H and O–H groups in total. The van der Waals surface area contributed by atoms with Gasteiger partial charge in [-0.2, -0.15) is 0 Å². The Morgan fingerprint density at radius 1 is 0.800 bits per heavy atom. The fraction of sp³-hybridized carbons (Fsp3) is 0.353. The first-order valence-corrected chi connectivity index (χ1v) is 18.8. The molecule has 0 bridgehead atoms. The van der Waals surface area contributed by atoms with Crippen LogP contribution in [0.3, 0.4) is 0 Å². The summed E-state index contributed by atoms with van der Waals surface area (Å²) in [5, 5.41) is 11.2. The Balaban J connectivity index is 0.000000197. The summed E-state index contributed by atoms with van der Waals surface area (Å²) >= 11 is 1.58. The molecule has 0 aromatic heterocycles. The average Bonchev–Trinajstić information content (AvgIpc) is 3.52. The van der Waals surface area contributed by atoms with Gasteiger partial charge in [-0.1, -0.05) is 105 Å². The molecule has 1 fully saturated rings. The first-order chi connectivity index (χ1) is 18.7. The molecule has 0 radical (unpaired) electrons. The van der Waals surface area contributed by atoms with Crippen molar-refractivity contribution in [3.05, 3.63) is 119 Å². The van der Waals surface area contributed by atoms with Crippen LogP contribution >= 0.6 is 30.4 Å². The van der Waals surface area contributed by atoms with Gasteiger partial charge in [-0.25, -0.2) is 0 Å². The minimum absolute atomic E-state index is 0. The predicted molar refractivity (Wildman–Crippen MR) is 176 cm³/mol. The quantitative estimate of drug-likeness (QED) is 0.209. The van der Waals surface area contributed by atoms with E-state index in [1.165, 1.54) is 22.3 Å². The number of thioether (sulfide) groups is 1. The Kier molecular flexibility index (Phi) is 12.1. The van der Waals surface area contributed by atoms with Crippen molar-refractivity contribution in [1.29, 1.82) is 0 Å². The van der Waals surface area contributed by atoms with Crippen molar-refractivity contribution >= 4 is 46.8 Å². The molecule has 212 valence electrons. The molecule has 6 rings (SSSR count). The van der Waals surface area contributed by atoms with Crippen molar-refractivity contribution < 1.29 is 17.0 Å². The molecular weight excluding hydrogens is 587 g/mol. The zero-order valence-corrected chi connectivity index (χ0v) is 28.5. The number of allylic oxidation sites excluding steroid dienone is 1. The number of benzene rings is 3. The van der Waals surface area contributed by atoms with E-state index in [-0.39, 0.29) is 7.43 Å². The number of aryl methyl sites for hydroxylation is 2. The Labute approximate surface area is 263 Å². The molecule has 2 nitrogen and oxygen atoms in total. The van der Waals surface area contributed by atoms with Crippen LogP contribution in [0, 0.1) is 44.9 Å². The topological polar surface area (TPSA) is 25.5 Å². The van der Waals surface area contributed by atoms with E-state index in [2.05, 4.69) is 108 Å². The van der Waals surface area contributed by atoms with Crippen LogP contribution in [0.1, 0.15) is 55.5 Å². The summed E-state index contributed by atoms with van der Waals surface area (Å²) in [6, 6.07) is 25.1. The Bertz CT molecular complexity index is 1320. The first kappa shape index (κ1) is 33.0. The molecule has 0 saturated heterocycles. The zero-order valence-electron chi connectivity index (χ0n) is 24.6. The fourth-order valence-corrected chi connectivity index (χ4v) is 8.43. The molecule has 1 saturated carbocycles. The SMILES string of the molecule is CC1=C(c2ccccc2)SC2C(C)C(C)C(C)C12.Cc1cccc(C)c1N1Cc2ccccc2C1=[N-].[CH3-].[Cl][Ti][Cl]. The van der Waals surface area contributed by atoms with Crippen molar-refractivity contribution in [1.82, 2.24) is 0 Å². The van der Waals surface area contributed by atoms with Gasteiger partial charge in [0, 0.05) is 10.2 Å². The standard InChI is InChI=1S/C17H22S.C16H15N2.CH3.2ClH.Ti/c1-10-11(2)15-13(4)16(18-17(15)12(10)3)14-8-6-5-7-9-14;1-11-6-5-7-12(2)15(11)18-10-13-8-3-4-9-14(13)16(18)17;;;;/h5-12,15,17H,1-4H3;3-9H,10H2,1-2H3;1H3;2*1H;/q;2*-1;;;+2/p-2. The normalized spacial score (nSPS) is 24.2. The number of nitrogens with zero attached hydrogens (tertiary/aromatic N) is 2. The molecule has 2 heterocycles. The van der Waals surface area contributed by atoms with Crippen molar-refractivity contribution in [2.75, 3.05) is 4.90 Å². The van der Waals surface area contributed by atoms with Crippen molar-refractivity contribution in [3.63, 3.8) is 0 Å². The number of para-hydroxylation sites is 1. The van der Waals surface area contributed by atoms with Crippen LogP contribution < -0.4 is 4.90 Å². The maximum atomic E-state index is 10.4. The third-order valence-electron chi connectivity index (χ3n) is 8.80. The number of amidine groups is 1. The molecule has 0 amide bonds. The van der Waals surface area contributed by atoms with E-state index in [1.54, 1.807) is 10.5 Å². The van der Waals surface area contributed by atoms with E-state index < -0.39 is 17.0 Å². The molecule has 2 aliphatic heterocycles. The van der Waals surface area contributed by atoms with E-state index in [4.69, 9.17) is 18.6 Å². The second-order valence-corrected chi connectivity index (χ2v) is 14.7. The van der Waals surface area contributed by atoms with Gasteiger partial charge in [0.15, 0.2) is 0 Å². The number of hydrogen-bond acceptors (Lipinski definition) is 1. The van der Waals surface area contributed by atoms with Crippen LogP contribution in [0.15, 0.2) is 78.4 Å². The third kappa shape index (κ3) is 6.60. The number of hydrogen-bond donors (Lipinski definition) is 0. The molecule has 1 aliphatic carbocycles. The van der Waals surface area contributed by atoms with Crippen LogP contribution in [0.25, 0.3) is 10.3 Å². The summed E-state index contributed by atoms with van der Waals surface area (Å²) in [6.45, 7) is 14.6. The predicted octanol–water partition coefficient (Wildman–Crippen LogP) is 10.5. The summed E-state index contributed by atoms with van der Waals surface area (Å²) in [6.07, 6.45) is 0. The van der Waals surface area contributed by atoms with Gasteiger partial charge in [-0.3, -0.25) is 0 Å². The number of fused-ring (bicyclic) bond motifs is 2. The minimum atomic E-state index is -0.556. The Morgan fingerprint density at radius 3 is 1.95 bits per heavy atom. The van der Waals surface area contributed by atoms with E-state index in [0.29, 0.717) is 5.84 Å². The fourth-order valence-electron chi connectivity index (χ4n) is 6.50. The summed E-state index contributed by atoms with van der Waals surface area (Å²) in [5.41, 5.74) is 8.68. The molecule has 3 aromatic carbocycles. The average molecular weight is 628 g/mol. The number of halogens is 2. The van der Waals surface area contributed by atoms with Crippen LogP contribution in [0.2, 0.25) is 0 Å². The zero-order chi connectivity index (χ0) is 28.3. The molecule has 5 atom stereocenters. The van der Waals surface area contributed by atoms with Gasteiger partial charge < -0.3 is 17.7 Å². The Hall–Kier alpha value is -1.49. The summed E-state index contributed by atoms with van der Waals surface area (Å²) in [4.78, 5) is 3.55. The maximum absolute atomic E-state index is 10.4. The van der Waals surface area contributed by atoms with Gasteiger partial charge in [-0.05, 0) is 84.5 Å². The summed E-state index contributed by atoms with van der Waals surface area (Å²) in [7, 11) is 9.78. The van der Waals surface area contributed by atoms with E-state index in [1.807, 2.05) is 23.1 Å². The monoisotopic (exact) mass is 626 g/mol. The molecule has 40 heavy (non-hydrogen) atoms. The second-order valence-electron chi connectivity index (χ2n) is 10.9. The number of anilines is 1. The molecule has 6 heteroatoms. The van der Waals surface area contributed by atoms with Crippen LogP contribution in [0.4, 0.5) is 5.69 Å². The van der Waals surface area contributed by atoms with Gasteiger partial charge >= 0.3 is 35.6 Å². The van der Waals surface area contributed by atoms with Gasteiger partial charge in [0.25, 0.3) is 0 Å². The van der Waals surface area contributed by atoms with Gasteiger partial charge in [0.2, 0.25) is 0 Å².